The van der Waals surface area contributed by atoms with Crippen LogP contribution in [0.25, 0.3) is 0 Å². The van der Waals surface area contributed by atoms with Gasteiger partial charge in [-0.3, -0.25) is 0 Å². The van der Waals surface area contributed by atoms with Crippen LogP contribution in [0.5, 0.6) is 5.75 Å². The molecule has 23 heavy (non-hydrogen) atoms. The van der Waals surface area contributed by atoms with Crippen LogP contribution in [0.2, 0.25) is 5.02 Å². The Labute approximate surface area is 141 Å². The molecule has 0 fully saturated rings. The summed E-state index contributed by atoms with van der Waals surface area (Å²) in [5.74, 6) is 1.85. The molecule has 0 radical (unpaired) electrons. The molecule has 0 aliphatic rings. The molecule has 0 saturated carbocycles. The van der Waals surface area contributed by atoms with Crippen LogP contribution >= 0.6 is 11.6 Å². The summed E-state index contributed by atoms with van der Waals surface area (Å²) in [4.78, 5) is 4.32. The molecule has 2 aromatic carbocycles. The minimum absolute atomic E-state index is 0.507. The van der Waals surface area contributed by atoms with Gasteiger partial charge in [-0.2, -0.15) is 0 Å². The van der Waals surface area contributed by atoms with Crippen LogP contribution in [0.4, 0.5) is 0 Å². The Morgan fingerprint density at radius 2 is 1.87 bits per heavy atom. The second kappa shape index (κ2) is 6.88. The van der Waals surface area contributed by atoms with E-state index in [-0.39, 0.29) is 0 Å². The molecule has 0 aliphatic carbocycles. The van der Waals surface area contributed by atoms with Gasteiger partial charge in [0, 0.05) is 16.9 Å². The third-order valence-electron chi connectivity index (χ3n) is 3.85. The maximum Gasteiger partial charge on any atom is 0.119 e. The summed E-state index contributed by atoms with van der Waals surface area (Å²) in [5.41, 5.74) is 3.27. The van der Waals surface area contributed by atoms with Gasteiger partial charge in [0.05, 0.1) is 6.54 Å². The summed E-state index contributed by atoms with van der Waals surface area (Å²) in [6.07, 6.45) is 1.88. The van der Waals surface area contributed by atoms with E-state index in [9.17, 15) is 0 Å². The summed E-state index contributed by atoms with van der Waals surface area (Å²) in [7, 11) is 0. The highest BCUT2D eigenvalue weighted by Crippen LogP contribution is 2.21. The number of aryl methyl sites for hydroxylation is 2. The smallest absolute Gasteiger partial charge is 0.119 e. The van der Waals surface area contributed by atoms with Gasteiger partial charge in [-0.15, -0.1) is 0 Å². The van der Waals surface area contributed by atoms with Crippen molar-refractivity contribution in [1.82, 2.24) is 9.55 Å². The van der Waals surface area contributed by atoms with Crippen molar-refractivity contribution in [3.05, 3.63) is 82.4 Å². The molecular weight excluding hydrogens is 308 g/mol. The van der Waals surface area contributed by atoms with Crippen LogP contribution in [0.3, 0.4) is 0 Å². The van der Waals surface area contributed by atoms with Gasteiger partial charge in [-0.25, -0.2) is 4.98 Å². The number of aromatic nitrogens is 2. The molecule has 3 nitrogen and oxygen atoms in total. The summed E-state index contributed by atoms with van der Waals surface area (Å²) >= 11 is 6.44. The number of rotatable bonds is 5. The van der Waals surface area contributed by atoms with Crippen molar-refractivity contribution < 1.29 is 4.74 Å². The van der Waals surface area contributed by atoms with Crippen molar-refractivity contribution >= 4 is 11.6 Å². The predicted octanol–water partition coefficient (Wildman–Crippen LogP) is 4.78. The standard InChI is InChI=1S/C19H19ClN2O/c1-14-11-21-15(2)22(14)12-17-9-8-16(10-19(17)20)13-23-18-6-4-3-5-7-18/h3-11H,12-13H2,1-2H3. The third-order valence-corrected chi connectivity index (χ3v) is 4.20. The lowest BCUT2D eigenvalue weighted by molar-refractivity contribution is 0.306. The second-order valence-corrected chi connectivity index (χ2v) is 5.97. The van der Waals surface area contributed by atoms with Crippen molar-refractivity contribution in [2.45, 2.75) is 27.0 Å². The highest BCUT2D eigenvalue weighted by Gasteiger charge is 2.07. The Kier molecular flexibility index (Phi) is 4.68. The van der Waals surface area contributed by atoms with Gasteiger partial charge in [-0.1, -0.05) is 41.9 Å². The normalized spacial score (nSPS) is 10.7. The zero-order chi connectivity index (χ0) is 16.2. The van der Waals surface area contributed by atoms with Gasteiger partial charge in [0.25, 0.3) is 0 Å². The topological polar surface area (TPSA) is 27.1 Å². The van der Waals surface area contributed by atoms with E-state index in [1.165, 1.54) is 0 Å². The average molecular weight is 327 g/mol. The highest BCUT2D eigenvalue weighted by molar-refractivity contribution is 6.31. The summed E-state index contributed by atoms with van der Waals surface area (Å²) < 4.78 is 7.91. The van der Waals surface area contributed by atoms with Gasteiger partial charge >= 0.3 is 0 Å². The van der Waals surface area contributed by atoms with Crippen LogP contribution in [0.1, 0.15) is 22.6 Å². The van der Waals surface area contributed by atoms with Crippen LogP contribution < -0.4 is 4.74 Å². The molecule has 0 saturated heterocycles. The molecule has 0 atom stereocenters. The quantitative estimate of drug-likeness (QED) is 0.674. The molecule has 4 heteroatoms. The average Bonchev–Trinajstić information content (AvgIpc) is 2.88. The van der Waals surface area contributed by atoms with Gasteiger partial charge < -0.3 is 9.30 Å². The zero-order valence-electron chi connectivity index (χ0n) is 13.3. The van der Waals surface area contributed by atoms with E-state index in [2.05, 4.69) is 28.6 Å². The lowest BCUT2D eigenvalue weighted by Crippen LogP contribution is -2.05. The number of hydrogen-bond donors (Lipinski definition) is 0. The van der Waals surface area contributed by atoms with E-state index in [4.69, 9.17) is 16.3 Å². The maximum atomic E-state index is 6.44. The molecule has 1 heterocycles. The Bertz CT molecular complexity index is 777. The molecule has 0 bridgehead atoms. The van der Waals surface area contributed by atoms with Gasteiger partial charge in [0.2, 0.25) is 0 Å². The van der Waals surface area contributed by atoms with Crippen LogP contribution in [0, 0.1) is 13.8 Å². The number of imidazole rings is 1. The largest absolute Gasteiger partial charge is 0.489 e. The number of ether oxygens (including phenoxy) is 1. The fraction of sp³-hybridized carbons (Fsp3) is 0.211. The Hall–Kier alpha value is -2.26. The molecule has 0 N–H and O–H groups in total. The number of nitrogens with zero attached hydrogens (tertiary/aromatic N) is 2. The van der Waals surface area contributed by atoms with Crippen molar-refractivity contribution in [3.8, 4) is 5.75 Å². The van der Waals surface area contributed by atoms with E-state index in [0.29, 0.717) is 6.61 Å². The Morgan fingerprint density at radius 1 is 1.09 bits per heavy atom. The van der Waals surface area contributed by atoms with E-state index in [1.54, 1.807) is 0 Å². The van der Waals surface area contributed by atoms with E-state index >= 15 is 0 Å². The molecule has 1 aromatic heterocycles. The molecule has 0 spiro atoms. The van der Waals surface area contributed by atoms with E-state index in [1.807, 2.05) is 49.5 Å². The van der Waals surface area contributed by atoms with E-state index < -0.39 is 0 Å². The number of hydrogen-bond acceptors (Lipinski definition) is 2. The van der Waals surface area contributed by atoms with Crippen molar-refractivity contribution in [2.24, 2.45) is 0 Å². The first-order valence-electron chi connectivity index (χ1n) is 7.57. The fourth-order valence-electron chi connectivity index (χ4n) is 2.48. The molecular formula is C19H19ClN2O. The molecule has 3 aromatic rings. The molecule has 3 rings (SSSR count). The molecule has 0 aliphatic heterocycles. The van der Waals surface area contributed by atoms with Crippen LogP contribution in [-0.4, -0.2) is 9.55 Å². The maximum absolute atomic E-state index is 6.44. The second-order valence-electron chi connectivity index (χ2n) is 5.56. The summed E-state index contributed by atoms with van der Waals surface area (Å²) in [6, 6.07) is 15.9. The number of halogens is 1. The van der Waals surface area contributed by atoms with Crippen molar-refractivity contribution in [1.29, 1.82) is 0 Å². The lowest BCUT2D eigenvalue weighted by atomic mass is 10.1. The van der Waals surface area contributed by atoms with E-state index in [0.717, 1.165) is 40.0 Å². The minimum Gasteiger partial charge on any atom is -0.489 e. The molecule has 0 unspecified atom stereocenters. The van der Waals surface area contributed by atoms with Gasteiger partial charge in [0.15, 0.2) is 0 Å². The Balaban J connectivity index is 1.71. The van der Waals surface area contributed by atoms with Crippen LogP contribution in [0.15, 0.2) is 54.7 Å². The first-order chi connectivity index (χ1) is 11.1. The SMILES string of the molecule is Cc1cnc(C)n1Cc1ccc(COc2ccccc2)cc1Cl. The van der Waals surface area contributed by atoms with Crippen molar-refractivity contribution in [2.75, 3.05) is 0 Å². The third kappa shape index (κ3) is 3.74. The molecule has 118 valence electrons. The van der Waals surface area contributed by atoms with Gasteiger partial charge in [-0.05, 0) is 43.2 Å². The first kappa shape index (κ1) is 15.6. The van der Waals surface area contributed by atoms with Crippen LogP contribution in [-0.2, 0) is 13.2 Å². The summed E-state index contributed by atoms with van der Waals surface area (Å²) in [6.45, 7) is 5.29. The van der Waals surface area contributed by atoms with Gasteiger partial charge in [0.1, 0.15) is 18.2 Å². The zero-order valence-corrected chi connectivity index (χ0v) is 14.0. The summed E-state index contributed by atoms with van der Waals surface area (Å²) in [5, 5.41) is 0.756. The Morgan fingerprint density at radius 3 is 2.52 bits per heavy atom. The minimum atomic E-state index is 0.507. The number of benzene rings is 2. The first-order valence-corrected chi connectivity index (χ1v) is 7.95. The van der Waals surface area contributed by atoms with Crippen molar-refractivity contribution in [3.63, 3.8) is 0 Å². The number of para-hydroxylation sites is 1. The lowest BCUT2D eigenvalue weighted by Gasteiger charge is -2.12. The fourth-order valence-corrected chi connectivity index (χ4v) is 2.75. The molecule has 0 amide bonds. The highest BCUT2D eigenvalue weighted by atomic mass is 35.5. The predicted molar refractivity (Wildman–Crippen MR) is 93.0 cm³/mol. The monoisotopic (exact) mass is 326 g/mol.